The molecule has 0 aliphatic carbocycles. The van der Waals surface area contributed by atoms with Crippen LogP contribution in [0.25, 0.3) is 11.1 Å². The SMILES string of the molecule is CCn1cc(CSc2nc3cc(N)ccc3o2)cn1. The molecule has 0 fully saturated rings. The maximum atomic E-state index is 5.72. The Kier molecular flexibility index (Phi) is 3.16. The molecule has 0 aliphatic rings. The minimum atomic E-state index is 0.657. The molecule has 0 aliphatic heterocycles. The number of aromatic nitrogens is 3. The maximum Gasteiger partial charge on any atom is 0.257 e. The van der Waals surface area contributed by atoms with Crippen LogP contribution in [0.1, 0.15) is 12.5 Å². The number of fused-ring (bicyclic) bond motifs is 1. The summed E-state index contributed by atoms with van der Waals surface area (Å²) in [4.78, 5) is 4.40. The zero-order valence-electron chi connectivity index (χ0n) is 10.5. The molecule has 2 aromatic heterocycles. The van der Waals surface area contributed by atoms with Crippen molar-refractivity contribution in [3.63, 3.8) is 0 Å². The van der Waals surface area contributed by atoms with Gasteiger partial charge in [-0.1, -0.05) is 11.8 Å². The Morgan fingerprint density at radius 3 is 3.11 bits per heavy atom. The minimum absolute atomic E-state index is 0.657. The Bertz CT molecular complexity index is 704. The average Bonchev–Trinajstić information content (AvgIpc) is 3.01. The lowest BCUT2D eigenvalue weighted by Gasteiger charge is -1.93. The van der Waals surface area contributed by atoms with E-state index in [2.05, 4.69) is 17.0 Å². The van der Waals surface area contributed by atoms with E-state index < -0.39 is 0 Å². The Morgan fingerprint density at radius 2 is 2.32 bits per heavy atom. The number of thioether (sulfide) groups is 1. The molecule has 0 bridgehead atoms. The predicted molar refractivity (Wildman–Crippen MR) is 75.9 cm³/mol. The van der Waals surface area contributed by atoms with Crippen molar-refractivity contribution in [3.05, 3.63) is 36.2 Å². The summed E-state index contributed by atoms with van der Waals surface area (Å²) in [5, 5.41) is 4.89. The molecule has 0 radical (unpaired) electrons. The number of anilines is 1. The van der Waals surface area contributed by atoms with Crippen molar-refractivity contribution in [2.75, 3.05) is 5.73 Å². The maximum absolute atomic E-state index is 5.72. The van der Waals surface area contributed by atoms with Gasteiger partial charge in [0.25, 0.3) is 5.22 Å². The van der Waals surface area contributed by atoms with Crippen molar-refractivity contribution in [2.24, 2.45) is 0 Å². The second-order valence-electron chi connectivity index (χ2n) is 4.20. The number of nitrogens with zero attached hydrogens (tertiary/aromatic N) is 3. The van der Waals surface area contributed by atoms with Crippen LogP contribution in [0.15, 0.2) is 40.2 Å². The van der Waals surface area contributed by atoms with E-state index in [0.29, 0.717) is 10.9 Å². The largest absolute Gasteiger partial charge is 0.431 e. The molecule has 2 N–H and O–H groups in total. The molecule has 6 heteroatoms. The summed E-state index contributed by atoms with van der Waals surface area (Å²) in [6.07, 6.45) is 3.91. The number of oxazole rings is 1. The van der Waals surface area contributed by atoms with E-state index in [1.165, 1.54) is 0 Å². The van der Waals surface area contributed by atoms with Gasteiger partial charge in [-0.3, -0.25) is 4.68 Å². The van der Waals surface area contributed by atoms with Crippen LogP contribution in [0.5, 0.6) is 0 Å². The first-order valence-electron chi connectivity index (χ1n) is 6.05. The molecule has 5 nitrogen and oxygen atoms in total. The van der Waals surface area contributed by atoms with Gasteiger partial charge in [0.05, 0.1) is 6.20 Å². The van der Waals surface area contributed by atoms with Gasteiger partial charge in [0.15, 0.2) is 5.58 Å². The number of aryl methyl sites for hydroxylation is 1. The van der Waals surface area contributed by atoms with Crippen LogP contribution in [0.4, 0.5) is 5.69 Å². The van der Waals surface area contributed by atoms with Gasteiger partial charge in [0.1, 0.15) is 5.52 Å². The summed E-state index contributed by atoms with van der Waals surface area (Å²) in [5.74, 6) is 0.794. The van der Waals surface area contributed by atoms with Crippen LogP contribution in [-0.2, 0) is 12.3 Å². The van der Waals surface area contributed by atoms with Gasteiger partial charge in [-0.25, -0.2) is 4.98 Å². The highest BCUT2D eigenvalue weighted by Gasteiger charge is 2.07. The number of rotatable bonds is 4. The van der Waals surface area contributed by atoms with Gasteiger partial charge in [-0.15, -0.1) is 0 Å². The number of hydrogen-bond acceptors (Lipinski definition) is 5. The third-order valence-electron chi connectivity index (χ3n) is 2.77. The fourth-order valence-electron chi connectivity index (χ4n) is 1.78. The summed E-state index contributed by atoms with van der Waals surface area (Å²) >= 11 is 1.56. The standard InChI is InChI=1S/C13H14N4OS/c1-2-17-7-9(6-15-17)8-19-13-16-11-5-10(14)3-4-12(11)18-13/h3-7H,2,8,14H2,1H3. The summed E-state index contributed by atoms with van der Waals surface area (Å²) in [6.45, 7) is 2.95. The van der Waals surface area contributed by atoms with Crippen LogP contribution < -0.4 is 5.73 Å². The van der Waals surface area contributed by atoms with Crippen molar-refractivity contribution in [3.8, 4) is 0 Å². The van der Waals surface area contributed by atoms with E-state index >= 15 is 0 Å². The summed E-state index contributed by atoms with van der Waals surface area (Å²) in [6, 6.07) is 5.47. The second kappa shape index (κ2) is 4.97. The lowest BCUT2D eigenvalue weighted by atomic mass is 10.3. The molecule has 0 saturated heterocycles. The molecule has 2 heterocycles. The Hall–Kier alpha value is -1.95. The molecule has 3 aromatic rings. The molecule has 0 saturated carbocycles. The van der Waals surface area contributed by atoms with E-state index in [-0.39, 0.29) is 0 Å². The normalized spacial score (nSPS) is 11.2. The van der Waals surface area contributed by atoms with Gasteiger partial charge in [-0.05, 0) is 25.1 Å². The summed E-state index contributed by atoms with van der Waals surface area (Å²) in [5.41, 5.74) is 9.14. The van der Waals surface area contributed by atoms with Crippen molar-refractivity contribution < 1.29 is 4.42 Å². The first-order chi connectivity index (χ1) is 9.24. The molecule has 3 rings (SSSR count). The lowest BCUT2D eigenvalue weighted by molar-refractivity contribution is 0.489. The number of nitrogens with two attached hydrogens (primary N) is 1. The zero-order valence-corrected chi connectivity index (χ0v) is 11.4. The molecule has 0 unspecified atom stereocenters. The van der Waals surface area contributed by atoms with Crippen LogP contribution >= 0.6 is 11.8 Å². The number of nitrogen functional groups attached to an aromatic ring is 1. The first-order valence-corrected chi connectivity index (χ1v) is 7.03. The van der Waals surface area contributed by atoms with E-state index in [0.717, 1.165) is 29.0 Å². The quantitative estimate of drug-likeness (QED) is 0.585. The van der Waals surface area contributed by atoms with E-state index in [1.807, 2.05) is 35.3 Å². The van der Waals surface area contributed by atoms with E-state index in [4.69, 9.17) is 10.2 Å². The highest BCUT2D eigenvalue weighted by atomic mass is 32.2. The molecule has 1 aromatic carbocycles. The fourth-order valence-corrected chi connectivity index (χ4v) is 2.53. The van der Waals surface area contributed by atoms with Crippen LogP contribution in [-0.4, -0.2) is 14.8 Å². The smallest absolute Gasteiger partial charge is 0.257 e. The lowest BCUT2D eigenvalue weighted by Crippen LogP contribution is -1.92. The van der Waals surface area contributed by atoms with Crippen LogP contribution in [0.2, 0.25) is 0 Å². The van der Waals surface area contributed by atoms with Crippen molar-refractivity contribution in [1.82, 2.24) is 14.8 Å². The van der Waals surface area contributed by atoms with E-state index in [1.54, 1.807) is 11.8 Å². The number of benzene rings is 1. The third kappa shape index (κ3) is 2.58. The third-order valence-corrected chi connectivity index (χ3v) is 3.66. The zero-order chi connectivity index (χ0) is 13.2. The minimum Gasteiger partial charge on any atom is -0.431 e. The van der Waals surface area contributed by atoms with E-state index in [9.17, 15) is 0 Å². The van der Waals surface area contributed by atoms with Gasteiger partial charge in [-0.2, -0.15) is 5.10 Å². The van der Waals surface area contributed by atoms with Crippen LogP contribution in [0.3, 0.4) is 0 Å². The molecule has 0 spiro atoms. The molecule has 0 amide bonds. The Labute approximate surface area is 114 Å². The highest BCUT2D eigenvalue weighted by molar-refractivity contribution is 7.98. The van der Waals surface area contributed by atoms with Gasteiger partial charge >= 0.3 is 0 Å². The molecule has 0 atom stereocenters. The molecular weight excluding hydrogens is 260 g/mol. The topological polar surface area (TPSA) is 69.9 Å². The molecule has 98 valence electrons. The molecular formula is C13H14N4OS. The summed E-state index contributed by atoms with van der Waals surface area (Å²) < 4.78 is 7.55. The summed E-state index contributed by atoms with van der Waals surface area (Å²) in [7, 11) is 0. The van der Waals surface area contributed by atoms with Crippen LogP contribution in [0, 0.1) is 0 Å². The van der Waals surface area contributed by atoms with Gasteiger partial charge in [0.2, 0.25) is 0 Å². The Morgan fingerprint density at radius 1 is 1.42 bits per heavy atom. The van der Waals surface area contributed by atoms with Crippen molar-refractivity contribution in [1.29, 1.82) is 0 Å². The highest BCUT2D eigenvalue weighted by Crippen LogP contribution is 2.27. The Balaban J connectivity index is 1.74. The average molecular weight is 274 g/mol. The van der Waals surface area contributed by atoms with Crippen molar-refractivity contribution >= 4 is 28.5 Å². The predicted octanol–water partition coefficient (Wildman–Crippen LogP) is 2.92. The number of hydrogen-bond donors (Lipinski definition) is 1. The van der Waals surface area contributed by atoms with Crippen molar-refractivity contribution in [2.45, 2.75) is 24.4 Å². The monoisotopic (exact) mass is 274 g/mol. The van der Waals surface area contributed by atoms with Gasteiger partial charge < -0.3 is 10.2 Å². The first kappa shape index (κ1) is 12.1. The molecule has 19 heavy (non-hydrogen) atoms. The second-order valence-corrected chi connectivity index (χ2v) is 5.13. The fraction of sp³-hybridized carbons (Fsp3) is 0.231. The van der Waals surface area contributed by atoms with Gasteiger partial charge in [0, 0.05) is 29.7 Å².